The molecule has 9 heteroatoms. The number of hydrogen-bond donors (Lipinski definition) is 0. The molecule has 1 rings (SSSR count). The third-order valence-electron chi connectivity index (χ3n) is 1.57. The summed E-state index contributed by atoms with van der Waals surface area (Å²) < 4.78 is 36.2. The van der Waals surface area contributed by atoms with Crippen LogP contribution in [0, 0.1) is 10.1 Å². The maximum absolute atomic E-state index is 11.8. The van der Waals surface area contributed by atoms with Crippen LogP contribution in [-0.4, -0.2) is 28.7 Å². The molecule has 0 amide bonds. The molecule has 0 bridgehead atoms. The van der Waals surface area contributed by atoms with Gasteiger partial charge in [0.1, 0.15) is 7.85 Å². The van der Waals surface area contributed by atoms with Crippen LogP contribution in [0.15, 0.2) is 6.20 Å². The van der Waals surface area contributed by atoms with Gasteiger partial charge >= 0.3 is 12.0 Å². The lowest BCUT2D eigenvalue weighted by Gasteiger charge is -2.02. The number of hydrogen-bond acceptors (Lipinski definition) is 3. The summed E-state index contributed by atoms with van der Waals surface area (Å²) in [7, 11) is 5.18. The molecule has 15 heavy (non-hydrogen) atoms. The molecule has 2 radical (unpaired) electrons. The summed E-state index contributed by atoms with van der Waals surface area (Å²) in [6, 6.07) is 0. The Hall–Kier alpha value is -1.54. The molecule has 80 valence electrons. The molecule has 0 aromatic carbocycles. The van der Waals surface area contributed by atoms with Gasteiger partial charge in [0.25, 0.3) is 0 Å². The van der Waals surface area contributed by atoms with Crippen molar-refractivity contribution in [2.45, 2.75) is 19.1 Å². The summed E-state index contributed by atoms with van der Waals surface area (Å²) in [5.41, 5.74) is -0.248. The first-order valence-electron chi connectivity index (χ1n) is 3.83. The van der Waals surface area contributed by atoms with Gasteiger partial charge < -0.3 is 10.1 Å². The monoisotopic (exact) mass is 219 g/mol. The van der Waals surface area contributed by atoms with Crippen molar-refractivity contribution in [3.63, 3.8) is 0 Å². The quantitative estimate of drug-likeness (QED) is 0.423. The van der Waals surface area contributed by atoms with Crippen molar-refractivity contribution in [2.75, 3.05) is 0 Å². The number of rotatable bonds is 3. The summed E-state index contributed by atoms with van der Waals surface area (Å²) in [6.45, 7) is -0.485. The third-order valence-corrected chi connectivity index (χ3v) is 1.57. The first-order valence-corrected chi connectivity index (χ1v) is 3.83. The Morgan fingerprint density at radius 2 is 2.20 bits per heavy atom. The molecular weight excluding hydrogens is 214 g/mol. The minimum Gasteiger partial charge on any atom is -0.358 e. The van der Waals surface area contributed by atoms with Gasteiger partial charge in [-0.25, -0.2) is 0 Å². The van der Waals surface area contributed by atoms with Gasteiger partial charge in [0, 0.05) is 11.7 Å². The molecule has 0 N–H and O–H groups in total. The summed E-state index contributed by atoms with van der Waals surface area (Å²) in [5.74, 6) is -0.628. The molecule has 0 aliphatic heterocycles. The van der Waals surface area contributed by atoms with E-state index >= 15 is 0 Å². The minimum atomic E-state index is -4.32. The molecule has 0 saturated carbocycles. The van der Waals surface area contributed by atoms with Crippen molar-refractivity contribution >= 4 is 19.1 Å². The predicted octanol–water partition coefficient (Wildman–Crippen LogP) is 0.537. The van der Waals surface area contributed by atoms with Crippen molar-refractivity contribution in [3.8, 4) is 0 Å². The summed E-state index contributed by atoms with van der Waals surface area (Å²) in [5, 5.41) is 13.6. The van der Waals surface area contributed by atoms with Gasteiger partial charge in [-0.1, -0.05) is 0 Å². The molecule has 0 unspecified atom stereocenters. The van der Waals surface area contributed by atoms with E-state index in [0.717, 1.165) is 10.9 Å². The van der Waals surface area contributed by atoms with Gasteiger partial charge in [-0.05, 0) is 4.92 Å². The van der Waals surface area contributed by atoms with E-state index in [0.29, 0.717) is 0 Å². The standard InChI is InChI=1S/C6H5BF3N3O2/c7-4-3-12(2-1-6(8,9)10)11-5(4)13(14)15/h3H,1-2H2. The van der Waals surface area contributed by atoms with E-state index < -0.39 is 29.9 Å². The van der Waals surface area contributed by atoms with E-state index in [4.69, 9.17) is 7.85 Å². The van der Waals surface area contributed by atoms with E-state index in [9.17, 15) is 23.3 Å². The van der Waals surface area contributed by atoms with Crippen LogP contribution in [0.3, 0.4) is 0 Å². The highest BCUT2D eigenvalue weighted by atomic mass is 19.4. The van der Waals surface area contributed by atoms with Crippen molar-refractivity contribution < 1.29 is 18.1 Å². The molecule has 1 heterocycles. The Kier molecular flexibility index (Phi) is 3.01. The van der Waals surface area contributed by atoms with E-state index in [1.807, 2.05) is 0 Å². The molecule has 0 spiro atoms. The second-order valence-electron chi connectivity index (χ2n) is 2.79. The summed E-state index contributed by atoms with van der Waals surface area (Å²) in [6.07, 6.45) is -4.43. The van der Waals surface area contributed by atoms with Crippen LogP contribution >= 0.6 is 0 Å². The Balaban J connectivity index is 2.72. The fraction of sp³-hybridized carbons (Fsp3) is 0.500. The Morgan fingerprint density at radius 1 is 1.60 bits per heavy atom. The Labute approximate surface area is 83.4 Å². The van der Waals surface area contributed by atoms with Crippen molar-refractivity contribution in [2.24, 2.45) is 0 Å². The lowest BCUT2D eigenvalue weighted by Crippen LogP contribution is -2.12. The van der Waals surface area contributed by atoms with Gasteiger partial charge in [0.15, 0.2) is 0 Å². The summed E-state index contributed by atoms with van der Waals surface area (Å²) >= 11 is 0. The van der Waals surface area contributed by atoms with E-state index in [1.165, 1.54) is 0 Å². The molecule has 0 aliphatic rings. The fourth-order valence-corrected chi connectivity index (χ4v) is 0.924. The number of aryl methyl sites for hydroxylation is 1. The largest absolute Gasteiger partial charge is 0.390 e. The zero-order valence-corrected chi connectivity index (χ0v) is 7.36. The van der Waals surface area contributed by atoms with Gasteiger partial charge in [0.2, 0.25) is 0 Å². The highest BCUT2D eigenvalue weighted by Crippen LogP contribution is 2.20. The zero-order valence-electron chi connectivity index (χ0n) is 7.36. The van der Waals surface area contributed by atoms with Crippen LogP contribution in [-0.2, 0) is 6.54 Å². The lowest BCUT2D eigenvalue weighted by atomic mass is 10.0. The molecule has 5 nitrogen and oxygen atoms in total. The average molecular weight is 219 g/mol. The topological polar surface area (TPSA) is 61.0 Å². The predicted molar refractivity (Wildman–Crippen MR) is 44.9 cm³/mol. The summed E-state index contributed by atoms with van der Waals surface area (Å²) in [4.78, 5) is 9.42. The van der Waals surface area contributed by atoms with Gasteiger partial charge in [0.05, 0.1) is 18.1 Å². The Morgan fingerprint density at radius 3 is 2.60 bits per heavy atom. The lowest BCUT2D eigenvalue weighted by molar-refractivity contribution is -0.388. The second-order valence-corrected chi connectivity index (χ2v) is 2.79. The first kappa shape index (κ1) is 11.5. The average Bonchev–Trinajstić information content (AvgIpc) is 2.42. The van der Waals surface area contributed by atoms with Crippen LogP contribution in [0.25, 0.3) is 0 Å². The number of nitrogens with zero attached hydrogens (tertiary/aromatic N) is 3. The number of aromatic nitrogens is 2. The third kappa shape index (κ3) is 3.26. The number of nitro groups is 1. The van der Waals surface area contributed by atoms with Crippen LogP contribution in [0.5, 0.6) is 0 Å². The van der Waals surface area contributed by atoms with Crippen LogP contribution in [0.4, 0.5) is 19.0 Å². The highest BCUT2D eigenvalue weighted by Gasteiger charge is 2.28. The fourth-order valence-electron chi connectivity index (χ4n) is 0.924. The molecule has 0 atom stereocenters. The van der Waals surface area contributed by atoms with E-state index in [1.54, 1.807) is 0 Å². The molecule has 0 fully saturated rings. The van der Waals surface area contributed by atoms with Crippen molar-refractivity contribution in [1.82, 2.24) is 9.78 Å². The van der Waals surface area contributed by atoms with E-state index in [-0.39, 0.29) is 5.46 Å². The number of halogens is 3. The van der Waals surface area contributed by atoms with Gasteiger partial charge in [-0.15, -0.1) is 0 Å². The van der Waals surface area contributed by atoms with Crippen molar-refractivity contribution in [1.29, 1.82) is 0 Å². The smallest absolute Gasteiger partial charge is 0.358 e. The highest BCUT2D eigenvalue weighted by molar-refractivity contribution is 6.34. The Bertz CT molecular complexity index is 376. The zero-order chi connectivity index (χ0) is 11.6. The van der Waals surface area contributed by atoms with Crippen LogP contribution in [0.1, 0.15) is 6.42 Å². The van der Waals surface area contributed by atoms with Crippen molar-refractivity contribution in [3.05, 3.63) is 16.3 Å². The molecular formula is C6H5BF3N3O2. The maximum atomic E-state index is 11.8. The van der Waals surface area contributed by atoms with Gasteiger partial charge in [-0.3, -0.25) is 0 Å². The molecule has 0 aliphatic carbocycles. The molecule has 1 aromatic rings. The normalized spacial score (nSPS) is 11.7. The van der Waals surface area contributed by atoms with Gasteiger partial charge in [-0.2, -0.15) is 17.9 Å². The van der Waals surface area contributed by atoms with E-state index in [2.05, 4.69) is 5.10 Å². The molecule has 0 saturated heterocycles. The molecule has 1 aromatic heterocycles. The maximum Gasteiger partial charge on any atom is 0.390 e. The number of alkyl halides is 3. The SMILES string of the molecule is [B]c1cn(CCC(F)(F)F)nc1[N+](=O)[O-]. The minimum absolute atomic E-state index is 0.248. The van der Waals surface area contributed by atoms with Crippen LogP contribution < -0.4 is 5.46 Å². The first-order chi connectivity index (χ1) is 6.79. The second kappa shape index (κ2) is 3.91. The van der Waals surface area contributed by atoms with Crippen LogP contribution in [0.2, 0.25) is 0 Å².